The second-order valence-corrected chi connectivity index (χ2v) is 9.39. The largest absolute Gasteiger partial charge is 0.507 e. The third kappa shape index (κ3) is 5.37. The number of halogens is 1. The molecule has 0 spiro atoms. The van der Waals surface area contributed by atoms with Crippen LogP contribution in [0, 0.1) is 0 Å². The second kappa shape index (κ2) is 11.0. The molecule has 0 bridgehead atoms. The lowest BCUT2D eigenvalue weighted by molar-refractivity contribution is 0.474. The minimum atomic E-state index is 0.0334. The molecule has 5 aromatic carbocycles. The standard InChI is InChI=1S/C33H22IN3O2/c34-39-28-19-20-29(30(38)21-28)33-36-31(26-15-11-24(12-16-26)22-7-3-1-4-8-22)35-32(37-33)27-17-13-25(14-18-27)23-9-5-2-6-10-23/h1-21,38H. The maximum absolute atomic E-state index is 10.7. The Morgan fingerprint density at radius 3 is 1.31 bits per heavy atom. The smallest absolute Gasteiger partial charge is 0.192 e. The van der Waals surface area contributed by atoms with Crippen molar-refractivity contribution in [2.24, 2.45) is 0 Å². The van der Waals surface area contributed by atoms with Gasteiger partial charge in [-0.1, -0.05) is 109 Å². The SMILES string of the molecule is Oc1cc(OI)ccc1-c1nc(-c2ccc(-c3ccccc3)cc2)nc(-c2ccc(-c3ccccc3)cc2)n1. The van der Waals surface area contributed by atoms with Gasteiger partial charge in [0.2, 0.25) is 0 Å². The molecule has 1 N–H and O–H groups in total. The maximum atomic E-state index is 10.7. The lowest BCUT2D eigenvalue weighted by Gasteiger charge is -2.11. The molecule has 0 saturated carbocycles. The predicted octanol–water partition coefficient (Wildman–Crippen LogP) is 8.64. The van der Waals surface area contributed by atoms with Crippen molar-refractivity contribution in [2.45, 2.75) is 0 Å². The molecule has 0 unspecified atom stereocenters. The fourth-order valence-electron chi connectivity index (χ4n) is 4.39. The lowest BCUT2D eigenvalue weighted by Crippen LogP contribution is -2.00. The molecule has 0 fully saturated rings. The van der Waals surface area contributed by atoms with E-state index in [4.69, 9.17) is 18.0 Å². The average molecular weight is 619 g/mol. The van der Waals surface area contributed by atoms with Crippen molar-refractivity contribution in [3.05, 3.63) is 127 Å². The molecule has 0 amide bonds. The zero-order chi connectivity index (χ0) is 26.6. The van der Waals surface area contributed by atoms with Crippen LogP contribution in [-0.2, 0) is 0 Å². The number of phenolic OH excluding ortho intramolecular Hbond substituents is 1. The van der Waals surface area contributed by atoms with Crippen LogP contribution in [0.3, 0.4) is 0 Å². The molecule has 1 heterocycles. The van der Waals surface area contributed by atoms with E-state index in [2.05, 4.69) is 48.5 Å². The zero-order valence-corrected chi connectivity index (χ0v) is 22.9. The lowest BCUT2D eigenvalue weighted by atomic mass is 10.0. The van der Waals surface area contributed by atoms with Crippen molar-refractivity contribution in [1.82, 2.24) is 15.0 Å². The number of nitrogens with zero attached hydrogens (tertiary/aromatic N) is 3. The van der Waals surface area contributed by atoms with E-state index in [-0.39, 0.29) is 5.75 Å². The topological polar surface area (TPSA) is 68.1 Å². The molecule has 0 aliphatic carbocycles. The molecular formula is C33H22IN3O2. The van der Waals surface area contributed by atoms with Crippen LogP contribution >= 0.6 is 23.0 Å². The first-order valence-corrected chi connectivity index (χ1v) is 13.3. The Labute approximate surface area is 240 Å². The van der Waals surface area contributed by atoms with E-state index in [0.717, 1.165) is 33.4 Å². The summed E-state index contributed by atoms with van der Waals surface area (Å²) in [5.41, 5.74) is 6.71. The second-order valence-electron chi connectivity index (χ2n) is 8.95. The van der Waals surface area contributed by atoms with Gasteiger partial charge in [0.15, 0.2) is 40.5 Å². The van der Waals surface area contributed by atoms with E-state index < -0.39 is 0 Å². The monoisotopic (exact) mass is 619 g/mol. The first-order valence-electron chi connectivity index (χ1n) is 12.4. The molecule has 0 radical (unpaired) electrons. The number of benzene rings is 5. The number of phenols is 1. The van der Waals surface area contributed by atoms with Crippen LogP contribution in [0.15, 0.2) is 127 Å². The molecular weight excluding hydrogens is 597 g/mol. The van der Waals surface area contributed by atoms with Crippen LogP contribution < -0.4 is 3.07 Å². The summed E-state index contributed by atoms with van der Waals surface area (Å²) in [7, 11) is 0. The van der Waals surface area contributed by atoms with Gasteiger partial charge in [-0.2, -0.15) is 0 Å². The normalized spacial score (nSPS) is 10.8. The van der Waals surface area contributed by atoms with Crippen LogP contribution in [-0.4, -0.2) is 20.1 Å². The number of hydrogen-bond acceptors (Lipinski definition) is 5. The van der Waals surface area contributed by atoms with Crippen LogP contribution in [0.5, 0.6) is 11.5 Å². The van der Waals surface area contributed by atoms with Gasteiger partial charge in [-0.15, -0.1) is 0 Å². The van der Waals surface area contributed by atoms with Crippen molar-refractivity contribution in [3.63, 3.8) is 0 Å². The highest BCUT2D eigenvalue weighted by Crippen LogP contribution is 2.34. The molecule has 6 heteroatoms. The Balaban J connectivity index is 1.44. The molecule has 0 aliphatic rings. The summed E-state index contributed by atoms with van der Waals surface area (Å²) in [6.45, 7) is 0. The highest BCUT2D eigenvalue weighted by atomic mass is 127. The quantitative estimate of drug-likeness (QED) is 0.189. The Hall–Kier alpha value is -4.56. The third-order valence-electron chi connectivity index (χ3n) is 6.44. The van der Waals surface area contributed by atoms with Crippen molar-refractivity contribution < 1.29 is 8.17 Å². The summed E-state index contributed by atoms with van der Waals surface area (Å²) < 4.78 is 5.22. The number of hydrogen-bond donors (Lipinski definition) is 1. The van der Waals surface area contributed by atoms with Gasteiger partial charge in [0.25, 0.3) is 0 Å². The van der Waals surface area contributed by atoms with Crippen molar-refractivity contribution in [3.8, 4) is 67.9 Å². The van der Waals surface area contributed by atoms with E-state index in [1.165, 1.54) is 0 Å². The third-order valence-corrected chi connectivity index (χ3v) is 6.94. The van der Waals surface area contributed by atoms with Gasteiger partial charge in [-0.25, -0.2) is 15.0 Å². The maximum Gasteiger partial charge on any atom is 0.192 e. The molecule has 0 atom stereocenters. The fraction of sp³-hybridized carbons (Fsp3) is 0. The summed E-state index contributed by atoms with van der Waals surface area (Å²) >= 11 is 1.78. The molecule has 1 aromatic heterocycles. The van der Waals surface area contributed by atoms with Crippen molar-refractivity contribution in [2.75, 3.05) is 0 Å². The Morgan fingerprint density at radius 1 is 0.462 bits per heavy atom. The Morgan fingerprint density at radius 2 is 0.872 bits per heavy atom. The van der Waals surface area contributed by atoms with Crippen molar-refractivity contribution in [1.29, 1.82) is 0 Å². The summed E-state index contributed by atoms with van der Waals surface area (Å²) in [5.74, 6) is 2.00. The first-order chi connectivity index (χ1) is 19.2. The summed E-state index contributed by atoms with van der Waals surface area (Å²) in [6, 6.07) is 41.8. The van der Waals surface area contributed by atoms with Gasteiger partial charge in [0.1, 0.15) is 11.5 Å². The minimum absolute atomic E-state index is 0.0334. The molecule has 0 saturated heterocycles. The van der Waals surface area contributed by atoms with Gasteiger partial charge in [0.05, 0.1) is 5.56 Å². The molecule has 188 valence electrons. The van der Waals surface area contributed by atoms with E-state index in [1.807, 2.05) is 60.7 Å². The molecule has 5 nitrogen and oxygen atoms in total. The summed E-state index contributed by atoms with van der Waals surface area (Å²) in [5, 5.41) is 10.7. The Kier molecular flexibility index (Phi) is 7.01. The number of aromatic hydroxyl groups is 1. The zero-order valence-electron chi connectivity index (χ0n) is 20.7. The van der Waals surface area contributed by atoms with Crippen LogP contribution in [0.1, 0.15) is 0 Å². The van der Waals surface area contributed by atoms with E-state index in [9.17, 15) is 5.11 Å². The van der Waals surface area contributed by atoms with Gasteiger partial charge >= 0.3 is 0 Å². The van der Waals surface area contributed by atoms with Gasteiger partial charge in [0, 0.05) is 17.2 Å². The highest BCUT2D eigenvalue weighted by molar-refractivity contribution is 14.1. The van der Waals surface area contributed by atoms with Crippen molar-refractivity contribution >= 4 is 23.0 Å². The summed E-state index contributed by atoms with van der Waals surface area (Å²) in [6.07, 6.45) is 0. The van der Waals surface area contributed by atoms with Gasteiger partial charge in [-0.3, -0.25) is 0 Å². The highest BCUT2D eigenvalue weighted by Gasteiger charge is 2.16. The minimum Gasteiger partial charge on any atom is -0.507 e. The Bertz CT molecular complexity index is 1620. The van der Waals surface area contributed by atoms with Crippen LogP contribution in [0.2, 0.25) is 0 Å². The van der Waals surface area contributed by atoms with Gasteiger partial charge in [-0.05, 0) is 34.4 Å². The first kappa shape index (κ1) is 24.8. The molecule has 39 heavy (non-hydrogen) atoms. The molecule has 0 aliphatic heterocycles. The van der Waals surface area contributed by atoms with E-state index in [1.54, 1.807) is 41.2 Å². The molecule has 6 aromatic rings. The number of rotatable bonds is 6. The molecule has 6 rings (SSSR count). The van der Waals surface area contributed by atoms with E-state index >= 15 is 0 Å². The fourth-order valence-corrected chi connectivity index (χ4v) is 4.66. The predicted molar refractivity (Wildman–Crippen MR) is 163 cm³/mol. The van der Waals surface area contributed by atoms with E-state index in [0.29, 0.717) is 28.8 Å². The number of aromatic nitrogens is 3. The van der Waals surface area contributed by atoms with Gasteiger partial charge < -0.3 is 8.17 Å². The van der Waals surface area contributed by atoms with Crippen LogP contribution in [0.4, 0.5) is 0 Å². The average Bonchev–Trinajstić information content (AvgIpc) is 3.02. The summed E-state index contributed by atoms with van der Waals surface area (Å²) in [4.78, 5) is 14.4. The van der Waals surface area contributed by atoms with Crippen LogP contribution in [0.25, 0.3) is 56.4 Å².